The summed E-state index contributed by atoms with van der Waals surface area (Å²) < 4.78 is 5.84. The van der Waals surface area contributed by atoms with Crippen molar-refractivity contribution in [2.75, 3.05) is 24.5 Å². The van der Waals surface area contributed by atoms with Crippen molar-refractivity contribution in [3.05, 3.63) is 76.5 Å². The van der Waals surface area contributed by atoms with Gasteiger partial charge in [-0.05, 0) is 48.9 Å². The molecule has 4 rings (SSSR count). The second-order valence-corrected chi connectivity index (χ2v) is 8.04. The first-order valence-corrected chi connectivity index (χ1v) is 10.3. The first-order chi connectivity index (χ1) is 14.1. The Morgan fingerprint density at radius 2 is 1.83 bits per heavy atom. The Bertz CT molecular complexity index is 967. The maximum atomic E-state index is 6.12. The van der Waals surface area contributed by atoms with Gasteiger partial charge in [0.1, 0.15) is 17.9 Å². The third-order valence-corrected chi connectivity index (χ3v) is 5.51. The van der Waals surface area contributed by atoms with Crippen molar-refractivity contribution in [1.82, 2.24) is 14.9 Å². The van der Waals surface area contributed by atoms with Crippen LogP contribution in [0.1, 0.15) is 12.5 Å². The topological polar surface area (TPSA) is 41.5 Å². The number of nitrogens with zero attached hydrogens (tertiary/aromatic N) is 4. The maximum absolute atomic E-state index is 6.12. The molecule has 29 heavy (non-hydrogen) atoms. The van der Waals surface area contributed by atoms with Crippen LogP contribution in [-0.4, -0.2) is 40.5 Å². The maximum Gasteiger partial charge on any atom is 0.224 e. The quantitative estimate of drug-likeness (QED) is 0.552. The Labute approximate surface area is 180 Å². The van der Waals surface area contributed by atoms with Crippen LogP contribution in [0, 0.1) is 0 Å². The summed E-state index contributed by atoms with van der Waals surface area (Å²) in [4.78, 5) is 13.4. The first kappa shape index (κ1) is 20.0. The zero-order valence-corrected chi connectivity index (χ0v) is 17.6. The van der Waals surface area contributed by atoms with Gasteiger partial charge in [0.15, 0.2) is 0 Å². The predicted molar refractivity (Wildman–Crippen MR) is 117 cm³/mol. The molecule has 0 saturated carbocycles. The van der Waals surface area contributed by atoms with E-state index in [4.69, 9.17) is 27.9 Å². The van der Waals surface area contributed by atoms with Crippen LogP contribution in [0.15, 0.2) is 60.9 Å². The summed E-state index contributed by atoms with van der Waals surface area (Å²) in [6, 6.07) is 17.6. The van der Waals surface area contributed by atoms with Gasteiger partial charge in [0, 0.05) is 48.3 Å². The van der Waals surface area contributed by atoms with Gasteiger partial charge in [0.2, 0.25) is 5.88 Å². The number of hydrogen-bond acceptors (Lipinski definition) is 5. The SMILES string of the molecule is C[C@@H]1CN(c2cc(Oc3ccc(Cl)cc3)ncn2)CCN1Cc1cccc(Cl)c1. The molecule has 1 aromatic heterocycles. The Morgan fingerprint density at radius 3 is 2.59 bits per heavy atom. The molecule has 1 fully saturated rings. The van der Waals surface area contributed by atoms with Gasteiger partial charge in [0.05, 0.1) is 0 Å². The summed E-state index contributed by atoms with van der Waals surface area (Å²) in [5.74, 6) is 2.09. The minimum absolute atomic E-state index is 0.387. The van der Waals surface area contributed by atoms with E-state index in [1.54, 1.807) is 18.5 Å². The van der Waals surface area contributed by atoms with Gasteiger partial charge >= 0.3 is 0 Å². The Kier molecular flexibility index (Phi) is 6.19. The zero-order valence-electron chi connectivity index (χ0n) is 16.1. The lowest BCUT2D eigenvalue weighted by molar-refractivity contribution is 0.180. The highest BCUT2D eigenvalue weighted by Gasteiger charge is 2.25. The average Bonchev–Trinajstić information content (AvgIpc) is 2.71. The second-order valence-electron chi connectivity index (χ2n) is 7.17. The largest absolute Gasteiger partial charge is 0.439 e. The lowest BCUT2D eigenvalue weighted by Gasteiger charge is -2.40. The van der Waals surface area contributed by atoms with E-state index in [1.165, 1.54) is 5.56 Å². The molecule has 0 aliphatic carbocycles. The minimum Gasteiger partial charge on any atom is -0.439 e. The van der Waals surface area contributed by atoms with Crippen molar-refractivity contribution >= 4 is 29.0 Å². The van der Waals surface area contributed by atoms with Gasteiger partial charge < -0.3 is 9.64 Å². The predicted octanol–water partition coefficient (Wildman–Crippen LogP) is 5.29. The molecule has 0 bridgehead atoms. The van der Waals surface area contributed by atoms with Crippen LogP contribution in [0.5, 0.6) is 11.6 Å². The Balaban J connectivity index is 1.40. The average molecular weight is 429 g/mol. The van der Waals surface area contributed by atoms with E-state index in [9.17, 15) is 0 Å². The number of rotatable bonds is 5. The number of piperazine rings is 1. The standard InChI is InChI=1S/C22H22Cl2N4O/c1-16-13-28(10-9-27(16)14-17-3-2-4-19(24)11-17)21-12-22(26-15-25-21)29-20-7-5-18(23)6-8-20/h2-8,11-12,15-16H,9-10,13-14H2,1H3/t16-/m1/s1. The second kappa shape index (κ2) is 8.99. The van der Waals surface area contributed by atoms with Crippen molar-refractivity contribution in [3.8, 4) is 11.6 Å². The van der Waals surface area contributed by atoms with Gasteiger partial charge in [-0.3, -0.25) is 4.90 Å². The molecule has 1 saturated heterocycles. The van der Waals surface area contributed by atoms with Crippen LogP contribution in [0.3, 0.4) is 0 Å². The molecule has 1 aliphatic heterocycles. The number of anilines is 1. The molecule has 1 aliphatic rings. The minimum atomic E-state index is 0.387. The van der Waals surface area contributed by atoms with E-state index in [-0.39, 0.29) is 0 Å². The molecule has 0 radical (unpaired) electrons. The van der Waals surface area contributed by atoms with E-state index in [0.29, 0.717) is 22.7 Å². The van der Waals surface area contributed by atoms with Crippen molar-refractivity contribution in [1.29, 1.82) is 0 Å². The molecule has 0 unspecified atom stereocenters. The third kappa shape index (κ3) is 5.18. The van der Waals surface area contributed by atoms with Crippen molar-refractivity contribution in [2.45, 2.75) is 19.5 Å². The van der Waals surface area contributed by atoms with E-state index in [0.717, 1.165) is 37.0 Å². The molecule has 0 N–H and O–H groups in total. The van der Waals surface area contributed by atoms with Crippen LogP contribution in [0.4, 0.5) is 5.82 Å². The Morgan fingerprint density at radius 1 is 1.00 bits per heavy atom. The highest BCUT2D eigenvalue weighted by Crippen LogP contribution is 2.25. The lowest BCUT2D eigenvalue weighted by Crippen LogP contribution is -2.51. The lowest BCUT2D eigenvalue weighted by atomic mass is 10.1. The van der Waals surface area contributed by atoms with Gasteiger partial charge in [-0.25, -0.2) is 9.97 Å². The van der Waals surface area contributed by atoms with Crippen LogP contribution < -0.4 is 9.64 Å². The summed E-state index contributed by atoms with van der Waals surface area (Å²) in [7, 11) is 0. The van der Waals surface area contributed by atoms with E-state index in [2.05, 4.69) is 32.8 Å². The van der Waals surface area contributed by atoms with E-state index >= 15 is 0 Å². The molecule has 2 heterocycles. The van der Waals surface area contributed by atoms with Crippen molar-refractivity contribution in [3.63, 3.8) is 0 Å². The van der Waals surface area contributed by atoms with Crippen LogP contribution in [-0.2, 0) is 6.54 Å². The fourth-order valence-corrected chi connectivity index (χ4v) is 3.83. The molecule has 7 heteroatoms. The van der Waals surface area contributed by atoms with Crippen molar-refractivity contribution in [2.24, 2.45) is 0 Å². The molecule has 150 valence electrons. The van der Waals surface area contributed by atoms with Crippen LogP contribution >= 0.6 is 23.2 Å². The van der Waals surface area contributed by atoms with Crippen LogP contribution in [0.25, 0.3) is 0 Å². The molecule has 0 amide bonds. The summed E-state index contributed by atoms with van der Waals surface area (Å²) in [5.41, 5.74) is 1.23. The molecule has 1 atom stereocenters. The number of hydrogen-bond donors (Lipinski definition) is 0. The number of aromatic nitrogens is 2. The first-order valence-electron chi connectivity index (χ1n) is 9.56. The normalized spacial score (nSPS) is 17.3. The molecule has 3 aromatic rings. The highest BCUT2D eigenvalue weighted by atomic mass is 35.5. The van der Waals surface area contributed by atoms with E-state index in [1.807, 2.05) is 36.4 Å². The molecular formula is C22H22Cl2N4O. The fourth-order valence-electron chi connectivity index (χ4n) is 3.49. The number of ether oxygens (including phenoxy) is 1. The summed E-state index contributed by atoms with van der Waals surface area (Å²) in [6.07, 6.45) is 1.55. The summed E-state index contributed by atoms with van der Waals surface area (Å²) in [5, 5.41) is 1.45. The smallest absolute Gasteiger partial charge is 0.224 e. The number of benzene rings is 2. The van der Waals surface area contributed by atoms with E-state index < -0.39 is 0 Å². The van der Waals surface area contributed by atoms with Crippen LogP contribution in [0.2, 0.25) is 10.0 Å². The Hall–Kier alpha value is -2.34. The van der Waals surface area contributed by atoms with Gasteiger partial charge in [-0.15, -0.1) is 0 Å². The van der Waals surface area contributed by atoms with Gasteiger partial charge in [-0.1, -0.05) is 35.3 Å². The third-order valence-electron chi connectivity index (χ3n) is 5.03. The van der Waals surface area contributed by atoms with Gasteiger partial charge in [0.25, 0.3) is 0 Å². The summed E-state index contributed by atoms with van der Waals surface area (Å²) >= 11 is 12.1. The molecule has 5 nitrogen and oxygen atoms in total. The number of halogens is 2. The molecule has 2 aromatic carbocycles. The van der Waals surface area contributed by atoms with Crippen molar-refractivity contribution < 1.29 is 4.74 Å². The van der Waals surface area contributed by atoms with Gasteiger partial charge in [-0.2, -0.15) is 0 Å². The fraction of sp³-hybridized carbons (Fsp3) is 0.273. The zero-order chi connectivity index (χ0) is 20.2. The molecule has 0 spiro atoms. The summed E-state index contributed by atoms with van der Waals surface area (Å²) in [6.45, 7) is 5.86. The highest BCUT2D eigenvalue weighted by molar-refractivity contribution is 6.30. The molecular weight excluding hydrogens is 407 g/mol. The monoisotopic (exact) mass is 428 g/mol.